The lowest BCUT2D eigenvalue weighted by Crippen LogP contribution is -2.54. The van der Waals surface area contributed by atoms with Gasteiger partial charge in [-0.15, -0.1) is 10.2 Å². The number of carbonyl (C=O) groups excluding carboxylic acids is 4. The molecular weight excluding hydrogens is 506 g/mol. The topological polar surface area (TPSA) is 184 Å². The molecule has 1 aliphatic rings. The number of nitrogens with zero attached hydrogens (tertiary/aromatic N) is 5. The molecule has 1 unspecified atom stereocenters. The number of benzene rings is 1. The monoisotopic (exact) mass is 535 g/mol. The van der Waals surface area contributed by atoms with E-state index < -0.39 is 35.9 Å². The second-order valence-corrected chi connectivity index (χ2v) is 8.94. The number of tetrazole rings is 1. The zero-order valence-electron chi connectivity index (χ0n) is 21.5. The second kappa shape index (κ2) is 12.6. The van der Waals surface area contributed by atoms with Crippen molar-refractivity contribution in [3.8, 4) is 5.88 Å². The Balaban J connectivity index is 1.41. The summed E-state index contributed by atoms with van der Waals surface area (Å²) in [7, 11) is 0. The first-order valence-corrected chi connectivity index (χ1v) is 12.4. The Bertz CT molecular complexity index is 1300. The van der Waals surface area contributed by atoms with Crippen LogP contribution in [-0.2, 0) is 27.3 Å². The fraction of sp³-hybridized carbons (Fsp3) is 0.360. The summed E-state index contributed by atoms with van der Waals surface area (Å²) in [6.07, 6.45) is 1.53. The van der Waals surface area contributed by atoms with Crippen molar-refractivity contribution in [2.24, 2.45) is 5.92 Å². The number of hydrogen-bond donors (Lipinski definition) is 4. The second-order valence-electron chi connectivity index (χ2n) is 8.94. The molecule has 4 N–H and O–H groups in total. The Morgan fingerprint density at radius 3 is 2.64 bits per heavy atom. The van der Waals surface area contributed by atoms with E-state index in [4.69, 9.17) is 4.74 Å². The molecule has 1 aromatic carbocycles. The van der Waals surface area contributed by atoms with Gasteiger partial charge in [-0.25, -0.2) is 9.78 Å². The van der Waals surface area contributed by atoms with E-state index >= 15 is 0 Å². The van der Waals surface area contributed by atoms with E-state index in [0.717, 1.165) is 5.56 Å². The highest BCUT2D eigenvalue weighted by molar-refractivity contribution is 6.05. The molecular formula is C25H29N9O5. The molecule has 3 aromatic rings. The Labute approximate surface area is 223 Å². The van der Waals surface area contributed by atoms with Crippen molar-refractivity contribution in [2.45, 2.75) is 45.3 Å². The summed E-state index contributed by atoms with van der Waals surface area (Å²) in [5, 5.41) is 21.3. The van der Waals surface area contributed by atoms with Crippen molar-refractivity contribution < 1.29 is 23.9 Å². The fourth-order valence-corrected chi connectivity index (χ4v) is 4.16. The molecule has 4 rings (SSSR count). The number of nitrogens with one attached hydrogen (secondary N) is 4. The summed E-state index contributed by atoms with van der Waals surface area (Å²) in [5.74, 6) is -1.30. The maximum absolute atomic E-state index is 13.4. The largest absolute Gasteiger partial charge is 0.414 e. The molecule has 39 heavy (non-hydrogen) atoms. The first kappa shape index (κ1) is 27.2. The molecule has 0 saturated heterocycles. The van der Waals surface area contributed by atoms with Crippen molar-refractivity contribution in [3.63, 3.8) is 0 Å². The Kier molecular flexibility index (Phi) is 8.76. The summed E-state index contributed by atoms with van der Waals surface area (Å²) >= 11 is 0. The number of carbonyl (C=O) groups is 4. The SMILES string of the molecule is CC[C@H](C)C(NC(=O)Oc1ccccn1)C(=O)NCC(=O)N1c2ccccc2C[C@H]1C(=O)NCc1nn[nH]n1. The summed E-state index contributed by atoms with van der Waals surface area (Å²) in [4.78, 5) is 57.2. The number of pyridine rings is 1. The van der Waals surface area contributed by atoms with Crippen LogP contribution in [0.1, 0.15) is 31.7 Å². The van der Waals surface area contributed by atoms with E-state index in [2.05, 4.69) is 41.6 Å². The third-order valence-electron chi connectivity index (χ3n) is 6.38. The van der Waals surface area contributed by atoms with Gasteiger partial charge in [0.15, 0.2) is 5.82 Å². The van der Waals surface area contributed by atoms with Gasteiger partial charge in [0, 0.05) is 24.4 Å². The normalized spacial score (nSPS) is 15.5. The molecule has 2 aromatic heterocycles. The van der Waals surface area contributed by atoms with Crippen LogP contribution in [0.2, 0.25) is 0 Å². The lowest BCUT2D eigenvalue weighted by molar-refractivity contribution is -0.128. The molecule has 0 saturated carbocycles. The smallest absolute Gasteiger partial charge is 0.391 e. The highest BCUT2D eigenvalue weighted by atomic mass is 16.6. The fourth-order valence-electron chi connectivity index (χ4n) is 4.16. The minimum Gasteiger partial charge on any atom is -0.391 e. The minimum atomic E-state index is -0.959. The molecule has 204 valence electrons. The van der Waals surface area contributed by atoms with Crippen LogP contribution in [0.3, 0.4) is 0 Å². The summed E-state index contributed by atoms with van der Waals surface area (Å²) in [6.45, 7) is 3.33. The number of para-hydroxylation sites is 1. The van der Waals surface area contributed by atoms with Crippen LogP contribution in [-0.4, -0.2) is 68.1 Å². The van der Waals surface area contributed by atoms with Crippen molar-refractivity contribution in [2.75, 3.05) is 11.4 Å². The van der Waals surface area contributed by atoms with Gasteiger partial charge in [0.2, 0.25) is 23.6 Å². The molecule has 3 heterocycles. The molecule has 3 atom stereocenters. The van der Waals surface area contributed by atoms with E-state index in [1.54, 1.807) is 31.2 Å². The number of H-pyrrole nitrogens is 1. The predicted molar refractivity (Wildman–Crippen MR) is 137 cm³/mol. The van der Waals surface area contributed by atoms with Crippen LogP contribution in [0.5, 0.6) is 5.88 Å². The average Bonchev–Trinajstić information content (AvgIpc) is 3.61. The first-order valence-electron chi connectivity index (χ1n) is 12.4. The third-order valence-corrected chi connectivity index (χ3v) is 6.38. The van der Waals surface area contributed by atoms with E-state index in [0.29, 0.717) is 24.4 Å². The zero-order valence-corrected chi connectivity index (χ0v) is 21.5. The molecule has 0 spiro atoms. The van der Waals surface area contributed by atoms with Crippen LogP contribution in [0.4, 0.5) is 10.5 Å². The molecule has 14 heteroatoms. The van der Waals surface area contributed by atoms with Crippen molar-refractivity contribution >= 4 is 29.5 Å². The van der Waals surface area contributed by atoms with E-state index in [1.807, 2.05) is 19.1 Å². The van der Waals surface area contributed by atoms with E-state index in [1.165, 1.54) is 17.2 Å². The number of hydrogen-bond acceptors (Lipinski definition) is 9. The summed E-state index contributed by atoms with van der Waals surface area (Å²) < 4.78 is 5.15. The highest BCUT2D eigenvalue weighted by Gasteiger charge is 2.38. The highest BCUT2D eigenvalue weighted by Crippen LogP contribution is 2.32. The lowest BCUT2D eigenvalue weighted by atomic mass is 9.98. The summed E-state index contributed by atoms with van der Waals surface area (Å²) in [6, 6.07) is 10.3. The minimum absolute atomic E-state index is 0.0395. The quantitative estimate of drug-likeness (QED) is 0.287. The molecule has 0 fully saturated rings. The standard InChI is InChI=1S/C25H29N9O5/c1-3-15(2)22(29-25(38)39-20-10-6-7-11-26-20)24(37)28-14-21(35)34-17-9-5-4-8-16(17)12-18(34)23(36)27-13-19-30-32-33-31-19/h4-11,15,18,22H,3,12-14H2,1-2H3,(H,27,36)(H,28,37)(H,29,38)(H,30,31,32,33)/t15-,18-,22?/m0/s1. The van der Waals surface area contributed by atoms with Gasteiger partial charge < -0.3 is 20.7 Å². The van der Waals surface area contributed by atoms with Crippen LogP contribution in [0, 0.1) is 5.92 Å². The number of fused-ring (bicyclic) bond motifs is 1. The number of aromatic nitrogens is 5. The third kappa shape index (κ3) is 6.71. The van der Waals surface area contributed by atoms with Gasteiger partial charge in [0.1, 0.15) is 12.1 Å². The molecule has 1 aliphatic heterocycles. The molecule has 4 amide bonds. The zero-order chi connectivity index (χ0) is 27.8. The van der Waals surface area contributed by atoms with Gasteiger partial charge in [-0.3, -0.25) is 19.3 Å². The van der Waals surface area contributed by atoms with Gasteiger partial charge in [-0.1, -0.05) is 49.7 Å². The van der Waals surface area contributed by atoms with Crippen molar-refractivity contribution in [3.05, 3.63) is 60.0 Å². The van der Waals surface area contributed by atoms with Crippen LogP contribution >= 0.6 is 0 Å². The molecule has 0 aliphatic carbocycles. The van der Waals surface area contributed by atoms with Gasteiger partial charge in [0.25, 0.3) is 0 Å². The van der Waals surface area contributed by atoms with Crippen molar-refractivity contribution in [1.82, 2.24) is 41.6 Å². The number of ether oxygens (including phenoxy) is 1. The van der Waals surface area contributed by atoms with Gasteiger partial charge in [-0.2, -0.15) is 5.21 Å². The van der Waals surface area contributed by atoms with Gasteiger partial charge in [-0.05, 0) is 23.6 Å². The number of anilines is 1. The first-order chi connectivity index (χ1) is 18.9. The maximum atomic E-state index is 13.4. The van der Waals surface area contributed by atoms with Crippen LogP contribution < -0.4 is 25.6 Å². The molecule has 0 radical (unpaired) electrons. The van der Waals surface area contributed by atoms with Gasteiger partial charge >= 0.3 is 6.09 Å². The summed E-state index contributed by atoms with van der Waals surface area (Å²) in [5.41, 5.74) is 1.42. The number of aromatic amines is 1. The Morgan fingerprint density at radius 2 is 1.92 bits per heavy atom. The predicted octanol–water partition coefficient (Wildman–Crippen LogP) is 0.488. The Morgan fingerprint density at radius 1 is 1.13 bits per heavy atom. The molecule has 14 nitrogen and oxygen atoms in total. The van der Waals surface area contributed by atoms with Crippen molar-refractivity contribution in [1.29, 1.82) is 0 Å². The van der Waals surface area contributed by atoms with E-state index in [9.17, 15) is 19.2 Å². The van der Waals surface area contributed by atoms with Crippen LogP contribution in [0.25, 0.3) is 0 Å². The number of amides is 4. The van der Waals surface area contributed by atoms with E-state index in [-0.39, 0.29) is 24.9 Å². The van der Waals surface area contributed by atoms with Crippen LogP contribution in [0.15, 0.2) is 48.7 Å². The molecule has 0 bridgehead atoms. The lowest BCUT2D eigenvalue weighted by Gasteiger charge is -2.26. The van der Waals surface area contributed by atoms with Gasteiger partial charge in [0.05, 0.1) is 13.1 Å². The Hall–Kier alpha value is -4.88. The average molecular weight is 536 g/mol. The number of rotatable bonds is 10. The maximum Gasteiger partial charge on any atom is 0.414 e.